The van der Waals surface area contributed by atoms with E-state index in [0.717, 1.165) is 25.7 Å². The van der Waals surface area contributed by atoms with Crippen molar-refractivity contribution >= 4 is 23.1 Å². The second-order valence-electron chi connectivity index (χ2n) is 8.46. The lowest BCUT2D eigenvalue weighted by molar-refractivity contribution is -0.136. The Kier molecular flexibility index (Phi) is 6.87. The van der Waals surface area contributed by atoms with Crippen molar-refractivity contribution in [3.05, 3.63) is 53.7 Å². The summed E-state index contributed by atoms with van der Waals surface area (Å²) >= 11 is 0. The third-order valence-corrected chi connectivity index (χ3v) is 5.56. The summed E-state index contributed by atoms with van der Waals surface area (Å²) in [6.07, 6.45) is 3.99. The third kappa shape index (κ3) is 4.97. The molecule has 0 fully saturated rings. The Balaban J connectivity index is 1.64. The molecular weight excluding hydrogens is 420 g/mol. The number of nitrogens with one attached hydrogen (secondary N) is 1. The molecule has 7 nitrogen and oxygen atoms in total. The van der Waals surface area contributed by atoms with E-state index in [4.69, 9.17) is 14.2 Å². The number of benzene rings is 2. The maximum absolute atomic E-state index is 13.4. The topological polar surface area (TPSA) is 77.1 Å². The van der Waals surface area contributed by atoms with E-state index < -0.39 is 0 Å². The molecule has 2 aliphatic heterocycles. The monoisotopic (exact) mass is 450 g/mol. The van der Waals surface area contributed by atoms with Crippen LogP contribution in [0.15, 0.2) is 48.2 Å². The molecule has 2 amide bonds. The first-order chi connectivity index (χ1) is 16.0. The van der Waals surface area contributed by atoms with Gasteiger partial charge in [0.1, 0.15) is 11.4 Å². The Labute approximate surface area is 194 Å². The molecule has 33 heavy (non-hydrogen) atoms. The number of carbonyl (C=O) groups is 2. The van der Waals surface area contributed by atoms with Gasteiger partial charge in [0, 0.05) is 18.3 Å². The number of ether oxygens (including phenoxy) is 3. The van der Waals surface area contributed by atoms with Gasteiger partial charge in [-0.3, -0.25) is 14.5 Å². The van der Waals surface area contributed by atoms with E-state index in [-0.39, 0.29) is 30.4 Å². The summed E-state index contributed by atoms with van der Waals surface area (Å²) in [7, 11) is 0. The molecule has 0 radical (unpaired) electrons. The minimum atomic E-state index is -0.313. The second kappa shape index (κ2) is 9.98. The molecule has 0 spiro atoms. The molecule has 0 aliphatic carbocycles. The Morgan fingerprint density at radius 1 is 0.970 bits per heavy atom. The molecule has 0 unspecified atom stereocenters. The number of fused-ring (bicyclic) bond motifs is 1. The van der Waals surface area contributed by atoms with Gasteiger partial charge in [-0.1, -0.05) is 38.3 Å². The Morgan fingerprint density at radius 2 is 1.73 bits per heavy atom. The summed E-state index contributed by atoms with van der Waals surface area (Å²) in [6, 6.07) is 12.6. The molecule has 2 heterocycles. The van der Waals surface area contributed by atoms with Gasteiger partial charge in [0.2, 0.25) is 6.79 Å². The summed E-state index contributed by atoms with van der Waals surface area (Å²) in [6.45, 7) is 6.62. The van der Waals surface area contributed by atoms with E-state index in [1.54, 1.807) is 18.2 Å². The van der Waals surface area contributed by atoms with Gasteiger partial charge in [0.05, 0.1) is 11.7 Å². The quantitative estimate of drug-likeness (QED) is 0.407. The van der Waals surface area contributed by atoms with Gasteiger partial charge in [-0.05, 0) is 50.1 Å². The number of carbonyl (C=O) groups excluding carboxylic acids is 2. The molecule has 0 saturated heterocycles. The number of rotatable bonds is 10. The van der Waals surface area contributed by atoms with Crippen LogP contribution in [0.1, 0.15) is 52.0 Å². The molecule has 2 aromatic rings. The maximum Gasteiger partial charge on any atom is 0.278 e. The first kappa shape index (κ1) is 22.7. The van der Waals surface area contributed by atoms with Gasteiger partial charge in [0.25, 0.3) is 11.8 Å². The summed E-state index contributed by atoms with van der Waals surface area (Å²) in [5.74, 6) is 1.38. The molecule has 1 N–H and O–H groups in total. The molecule has 2 aliphatic rings. The average molecular weight is 451 g/mol. The van der Waals surface area contributed by atoms with E-state index in [1.165, 1.54) is 4.90 Å². The van der Waals surface area contributed by atoms with Gasteiger partial charge < -0.3 is 19.5 Å². The fourth-order valence-electron chi connectivity index (χ4n) is 3.95. The van der Waals surface area contributed by atoms with Gasteiger partial charge in [-0.15, -0.1) is 0 Å². The minimum Gasteiger partial charge on any atom is -0.491 e. The smallest absolute Gasteiger partial charge is 0.278 e. The largest absolute Gasteiger partial charge is 0.491 e. The van der Waals surface area contributed by atoms with Crippen molar-refractivity contribution in [2.45, 2.75) is 52.6 Å². The molecular formula is C26H30N2O5. The van der Waals surface area contributed by atoms with Gasteiger partial charge in [-0.2, -0.15) is 0 Å². The van der Waals surface area contributed by atoms with Crippen LogP contribution in [0.2, 0.25) is 0 Å². The van der Waals surface area contributed by atoms with Crippen molar-refractivity contribution in [2.75, 3.05) is 18.7 Å². The lowest BCUT2D eigenvalue weighted by atomic mass is 10.0. The summed E-state index contributed by atoms with van der Waals surface area (Å²) in [5.41, 5.74) is 1.96. The molecule has 0 bridgehead atoms. The molecule has 0 saturated carbocycles. The highest BCUT2D eigenvalue weighted by Gasteiger charge is 2.39. The molecule has 7 heteroatoms. The van der Waals surface area contributed by atoms with Gasteiger partial charge in [0.15, 0.2) is 11.5 Å². The van der Waals surface area contributed by atoms with Crippen LogP contribution in [0.3, 0.4) is 0 Å². The maximum atomic E-state index is 13.4. The van der Waals surface area contributed by atoms with Crippen molar-refractivity contribution in [1.82, 2.24) is 4.90 Å². The van der Waals surface area contributed by atoms with E-state index in [1.807, 2.05) is 38.1 Å². The zero-order valence-corrected chi connectivity index (χ0v) is 19.3. The van der Waals surface area contributed by atoms with Crippen LogP contribution in [0.5, 0.6) is 17.2 Å². The van der Waals surface area contributed by atoms with Crippen LogP contribution in [-0.2, 0) is 9.59 Å². The molecule has 4 rings (SSSR count). The van der Waals surface area contributed by atoms with Crippen LogP contribution < -0.4 is 19.5 Å². The predicted molar refractivity (Wildman–Crippen MR) is 126 cm³/mol. The van der Waals surface area contributed by atoms with Gasteiger partial charge >= 0.3 is 0 Å². The first-order valence-electron chi connectivity index (χ1n) is 11.5. The van der Waals surface area contributed by atoms with E-state index in [0.29, 0.717) is 40.6 Å². The number of amides is 2. The molecule has 2 aromatic carbocycles. The third-order valence-electron chi connectivity index (χ3n) is 5.56. The van der Waals surface area contributed by atoms with Crippen molar-refractivity contribution < 1.29 is 23.8 Å². The minimum absolute atomic E-state index is 0.0478. The highest BCUT2D eigenvalue weighted by atomic mass is 16.7. The van der Waals surface area contributed by atoms with E-state index >= 15 is 0 Å². The lowest BCUT2D eigenvalue weighted by Gasteiger charge is -2.15. The molecule has 0 atom stereocenters. The summed E-state index contributed by atoms with van der Waals surface area (Å²) < 4.78 is 16.5. The number of hydrogen-bond acceptors (Lipinski definition) is 6. The number of nitrogens with zero attached hydrogens (tertiary/aromatic N) is 1. The average Bonchev–Trinajstić information content (AvgIpc) is 3.35. The number of imide groups is 1. The molecule has 0 aromatic heterocycles. The summed E-state index contributed by atoms with van der Waals surface area (Å²) in [4.78, 5) is 28.0. The van der Waals surface area contributed by atoms with Crippen molar-refractivity contribution in [3.8, 4) is 17.2 Å². The first-order valence-corrected chi connectivity index (χ1v) is 11.5. The van der Waals surface area contributed by atoms with Crippen LogP contribution in [0.25, 0.3) is 5.57 Å². The van der Waals surface area contributed by atoms with E-state index in [2.05, 4.69) is 12.2 Å². The van der Waals surface area contributed by atoms with Crippen LogP contribution >= 0.6 is 0 Å². The van der Waals surface area contributed by atoms with Crippen molar-refractivity contribution in [2.24, 2.45) is 0 Å². The highest BCUT2D eigenvalue weighted by Crippen LogP contribution is 2.37. The van der Waals surface area contributed by atoms with Gasteiger partial charge in [-0.25, -0.2) is 0 Å². The van der Waals surface area contributed by atoms with Crippen LogP contribution in [-0.4, -0.2) is 36.2 Å². The summed E-state index contributed by atoms with van der Waals surface area (Å²) in [5, 5.41) is 3.18. The Bertz CT molecular complexity index is 1060. The number of anilines is 1. The zero-order chi connectivity index (χ0) is 23.4. The Morgan fingerprint density at radius 3 is 2.45 bits per heavy atom. The Hall–Kier alpha value is -3.48. The fraction of sp³-hybridized carbons (Fsp3) is 0.385. The second-order valence-corrected chi connectivity index (χ2v) is 8.46. The van der Waals surface area contributed by atoms with Crippen molar-refractivity contribution in [3.63, 3.8) is 0 Å². The lowest BCUT2D eigenvalue weighted by Crippen LogP contribution is -2.33. The highest BCUT2D eigenvalue weighted by molar-refractivity contribution is 6.36. The molecule has 174 valence electrons. The van der Waals surface area contributed by atoms with E-state index in [9.17, 15) is 9.59 Å². The zero-order valence-electron chi connectivity index (χ0n) is 19.3. The van der Waals surface area contributed by atoms with Crippen molar-refractivity contribution in [1.29, 1.82) is 0 Å². The predicted octanol–water partition coefficient (Wildman–Crippen LogP) is 4.97. The van der Waals surface area contributed by atoms with Crippen LogP contribution in [0.4, 0.5) is 5.69 Å². The number of hydrogen-bond donors (Lipinski definition) is 1. The van der Waals surface area contributed by atoms with Crippen LogP contribution in [0, 0.1) is 0 Å². The normalized spacial score (nSPS) is 15.1. The number of unbranched alkanes of at least 4 members (excludes halogenated alkanes) is 3. The SMILES string of the molecule is CCCCCCN1C(=O)C(Nc2ccc3c(c2)OCO3)=C(c2ccc(OC(C)C)cc2)C1=O. The standard InChI is InChI=1S/C26H30N2O5/c1-4-5-6-7-14-28-25(29)23(18-8-11-20(12-9-18)33-17(2)3)24(26(28)30)27-19-10-13-21-22(15-19)32-16-31-21/h8-13,15,17,27H,4-7,14,16H2,1-3H3. The fourth-order valence-corrected chi connectivity index (χ4v) is 3.95.